The Morgan fingerprint density at radius 2 is 2.13 bits per heavy atom. The zero-order chi connectivity index (χ0) is 21.8. The molecule has 0 saturated carbocycles. The molecule has 9 nitrogen and oxygen atoms in total. The fourth-order valence-corrected chi connectivity index (χ4v) is 3.99. The van der Waals surface area contributed by atoms with Crippen LogP contribution in [0.15, 0.2) is 48.9 Å². The number of benzene rings is 1. The Morgan fingerprint density at radius 1 is 1.26 bits per heavy atom. The zero-order valence-electron chi connectivity index (χ0n) is 16.2. The molecule has 0 unspecified atom stereocenters. The van der Waals surface area contributed by atoms with E-state index in [-0.39, 0.29) is 18.0 Å². The number of fused-ring (bicyclic) bond motifs is 1. The van der Waals surface area contributed by atoms with Gasteiger partial charge in [-0.25, -0.2) is 4.39 Å². The summed E-state index contributed by atoms with van der Waals surface area (Å²) in [5, 5.41) is 27.0. The molecule has 4 rings (SSSR count). The van der Waals surface area contributed by atoms with Gasteiger partial charge in [-0.1, -0.05) is 0 Å². The number of nitro benzene ring substituents is 1. The number of ether oxygens (including phenoxy) is 1. The van der Waals surface area contributed by atoms with E-state index >= 15 is 0 Å². The Hall–Kier alpha value is -3.41. The molecule has 31 heavy (non-hydrogen) atoms. The van der Waals surface area contributed by atoms with Crippen molar-refractivity contribution in [2.24, 2.45) is 0 Å². The third-order valence-corrected chi connectivity index (χ3v) is 5.63. The van der Waals surface area contributed by atoms with E-state index in [1.165, 1.54) is 23.5 Å². The second-order valence-corrected chi connectivity index (χ2v) is 7.63. The summed E-state index contributed by atoms with van der Waals surface area (Å²) in [5.74, 6) is -0.502. The van der Waals surface area contributed by atoms with Crippen molar-refractivity contribution in [3.8, 4) is 21.9 Å². The molecule has 0 fully saturated rings. The summed E-state index contributed by atoms with van der Waals surface area (Å²) in [6.45, 7) is 1.98. The molecular formula is C20H18FN5O4S. The number of nitrogens with zero attached hydrogens (tertiary/aromatic N) is 4. The van der Waals surface area contributed by atoms with Crippen LogP contribution in [0.2, 0.25) is 0 Å². The Balaban J connectivity index is 1.56. The lowest BCUT2D eigenvalue weighted by atomic mass is 10.2. The molecule has 3 aromatic heterocycles. The van der Waals surface area contributed by atoms with Gasteiger partial charge in [0.2, 0.25) is 0 Å². The van der Waals surface area contributed by atoms with Gasteiger partial charge in [-0.3, -0.25) is 19.8 Å². The molecule has 0 radical (unpaired) electrons. The van der Waals surface area contributed by atoms with Crippen molar-refractivity contribution in [1.82, 2.24) is 20.1 Å². The lowest BCUT2D eigenvalue weighted by molar-refractivity contribution is -0.385. The number of nitrogens with one attached hydrogen (secondary N) is 1. The number of non-ortho nitro benzene ring substituents is 1. The Kier molecular flexibility index (Phi) is 6.16. The van der Waals surface area contributed by atoms with Crippen molar-refractivity contribution in [2.75, 3.05) is 19.7 Å². The van der Waals surface area contributed by atoms with E-state index in [0.717, 1.165) is 21.2 Å². The van der Waals surface area contributed by atoms with Crippen molar-refractivity contribution in [3.05, 3.63) is 64.9 Å². The van der Waals surface area contributed by atoms with E-state index in [9.17, 15) is 14.5 Å². The molecule has 0 aliphatic rings. The number of hydrogen-bond donors (Lipinski definition) is 2. The Labute approximate surface area is 179 Å². The summed E-state index contributed by atoms with van der Waals surface area (Å²) >= 11 is 1.44. The van der Waals surface area contributed by atoms with E-state index in [0.29, 0.717) is 30.9 Å². The highest BCUT2D eigenvalue weighted by Gasteiger charge is 2.16. The van der Waals surface area contributed by atoms with Gasteiger partial charge < -0.3 is 15.2 Å². The monoisotopic (exact) mass is 443 g/mol. The van der Waals surface area contributed by atoms with E-state index in [2.05, 4.69) is 15.4 Å². The third kappa shape index (κ3) is 4.68. The summed E-state index contributed by atoms with van der Waals surface area (Å²) in [4.78, 5) is 15.4. The summed E-state index contributed by atoms with van der Waals surface area (Å²) in [5.41, 5.74) is 1.27. The van der Waals surface area contributed by atoms with Crippen LogP contribution in [0.25, 0.3) is 20.7 Å². The number of aromatic nitrogens is 3. The largest absolute Gasteiger partial charge is 0.453 e. The number of aliphatic hydroxyl groups excluding tert-OH is 1. The second kappa shape index (κ2) is 9.16. The van der Waals surface area contributed by atoms with Gasteiger partial charge in [-0.05, 0) is 12.1 Å². The van der Waals surface area contributed by atoms with Crippen LogP contribution in [0, 0.1) is 15.9 Å². The molecule has 0 amide bonds. The molecule has 0 atom stereocenters. The molecule has 0 saturated heterocycles. The highest BCUT2D eigenvalue weighted by Crippen LogP contribution is 2.39. The smallest absolute Gasteiger partial charge is 0.272 e. The van der Waals surface area contributed by atoms with Crippen LogP contribution in [0.4, 0.5) is 10.1 Å². The molecule has 2 N–H and O–H groups in total. The number of pyridine rings is 1. The lowest BCUT2D eigenvalue weighted by Gasteiger charge is -2.07. The second-order valence-electron chi connectivity index (χ2n) is 6.57. The van der Waals surface area contributed by atoms with Crippen molar-refractivity contribution >= 4 is 27.2 Å². The Bertz CT molecular complexity index is 1230. The first-order chi connectivity index (χ1) is 15.0. The van der Waals surface area contributed by atoms with Gasteiger partial charge >= 0.3 is 0 Å². The maximum absolute atomic E-state index is 14.2. The number of rotatable bonds is 9. The fraction of sp³-hybridized carbons (Fsp3) is 0.200. The normalized spacial score (nSPS) is 11.2. The first kappa shape index (κ1) is 20.8. The molecule has 0 bridgehead atoms. The van der Waals surface area contributed by atoms with E-state index in [4.69, 9.17) is 9.84 Å². The molecule has 4 aromatic rings. The minimum Gasteiger partial charge on any atom is -0.453 e. The van der Waals surface area contributed by atoms with Gasteiger partial charge in [-0.15, -0.1) is 11.3 Å². The Morgan fingerprint density at radius 3 is 2.90 bits per heavy atom. The molecular weight excluding hydrogens is 425 g/mol. The molecule has 0 aliphatic carbocycles. The topological polar surface area (TPSA) is 115 Å². The number of aliphatic hydroxyl groups is 1. The molecule has 160 valence electrons. The number of halogens is 1. The van der Waals surface area contributed by atoms with E-state index in [1.54, 1.807) is 23.1 Å². The van der Waals surface area contributed by atoms with Crippen molar-refractivity contribution in [3.63, 3.8) is 0 Å². The third-order valence-electron chi connectivity index (χ3n) is 4.45. The first-order valence-electron chi connectivity index (χ1n) is 9.40. The highest BCUT2D eigenvalue weighted by atomic mass is 32.1. The number of thiophene rings is 1. The first-order valence-corrected chi connectivity index (χ1v) is 10.2. The van der Waals surface area contributed by atoms with Crippen LogP contribution in [-0.2, 0) is 6.54 Å². The van der Waals surface area contributed by atoms with Crippen LogP contribution in [-0.4, -0.2) is 44.5 Å². The predicted octanol–water partition coefficient (Wildman–Crippen LogP) is 3.58. The van der Waals surface area contributed by atoms with Crippen molar-refractivity contribution < 1.29 is 19.2 Å². The van der Waals surface area contributed by atoms with Gasteiger partial charge in [0.25, 0.3) is 5.69 Å². The van der Waals surface area contributed by atoms with E-state index < -0.39 is 10.7 Å². The zero-order valence-corrected chi connectivity index (χ0v) is 17.0. The van der Waals surface area contributed by atoms with Gasteiger partial charge in [0.05, 0.1) is 40.6 Å². The van der Waals surface area contributed by atoms with Gasteiger partial charge in [0, 0.05) is 48.1 Å². The van der Waals surface area contributed by atoms with Crippen molar-refractivity contribution in [2.45, 2.75) is 6.54 Å². The number of hydrogen-bond acceptors (Lipinski definition) is 8. The highest BCUT2D eigenvalue weighted by molar-refractivity contribution is 7.22. The van der Waals surface area contributed by atoms with Crippen LogP contribution in [0.5, 0.6) is 11.5 Å². The maximum Gasteiger partial charge on any atom is 0.272 e. The quantitative estimate of drug-likeness (QED) is 0.231. The van der Waals surface area contributed by atoms with Gasteiger partial charge in [-0.2, -0.15) is 5.10 Å². The van der Waals surface area contributed by atoms with Crippen LogP contribution in [0.3, 0.4) is 0 Å². The maximum atomic E-state index is 14.2. The average molecular weight is 443 g/mol. The predicted molar refractivity (Wildman–Crippen MR) is 114 cm³/mol. The molecule has 0 spiro atoms. The minimum absolute atomic E-state index is 0.0906. The summed E-state index contributed by atoms with van der Waals surface area (Å²) < 4.78 is 22.5. The van der Waals surface area contributed by atoms with Crippen LogP contribution >= 0.6 is 11.3 Å². The standard InChI is InChI=1S/C20H18FN5O4S/c21-15-9-14(26(28)29)1-2-17(15)30-18-3-4-23-16-10-19(31-20(16)18)13-11-24-25(12-13)7-5-22-6-8-27/h1-4,9-12,22,27H,5-8H2. The summed E-state index contributed by atoms with van der Waals surface area (Å²) in [7, 11) is 0. The molecule has 0 aliphatic heterocycles. The molecule has 11 heteroatoms. The molecule has 1 aromatic carbocycles. The molecule has 3 heterocycles. The van der Waals surface area contributed by atoms with Gasteiger partial charge in [0.15, 0.2) is 11.6 Å². The van der Waals surface area contributed by atoms with Crippen LogP contribution in [0.1, 0.15) is 0 Å². The average Bonchev–Trinajstić information content (AvgIpc) is 3.40. The summed E-state index contributed by atoms with van der Waals surface area (Å²) in [6.07, 6.45) is 5.24. The number of nitro groups is 1. The minimum atomic E-state index is -0.813. The van der Waals surface area contributed by atoms with E-state index in [1.807, 2.05) is 12.3 Å². The summed E-state index contributed by atoms with van der Waals surface area (Å²) in [6, 6.07) is 6.80. The SMILES string of the molecule is O=[N+]([O-])c1ccc(Oc2ccnc3cc(-c4cnn(CCNCCO)c4)sc23)c(F)c1. The van der Waals surface area contributed by atoms with Gasteiger partial charge in [0.1, 0.15) is 5.75 Å². The fourth-order valence-electron chi connectivity index (χ4n) is 2.95. The van der Waals surface area contributed by atoms with Crippen LogP contribution < -0.4 is 10.1 Å². The van der Waals surface area contributed by atoms with Crippen molar-refractivity contribution in [1.29, 1.82) is 0 Å². The lowest BCUT2D eigenvalue weighted by Crippen LogP contribution is -2.23.